The van der Waals surface area contributed by atoms with Crippen molar-refractivity contribution >= 4 is 23.4 Å². The molecular formula is C22H27N3O5. The van der Waals surface area contributed by atoms with E-state index in [0.29, 0.717) is 40.8 Å². The van der Waals surface area contributed by atoms with Gasteiger partial charge >= 0.3 is 6.03 Å². The molecule has 0 saturated carbocycles. The Bertz CT molecular complexity index is 911. The molecule has 2 rings (SSSR count). The molecule has 0 atom stereocenters. The molecule has 0 aliphatic carbocycles. The van der Waals surface area contributed by atoms with Gasteiger partial charge in [-0.2, -0.15) is 0 Å². The Balaban J connectivity index is 1.93. The normalized spacial score (nSPS) is 10.3. The van der Waals surface area contributed by atoms with Crippen LogP contribution in [0.3, 0.4) is 0 Å². The molecule has 0 aliphatic heterocycles. The Morgan fingerprint density at radius 1 is 0.967 bits per heavy atom. The van der Waals surface area contributed by atoms with E-state index >= 15 is 0 Å². The van der Waals surface area contributed by atoms with Crippen molar-refractivity contribution in [2.45, 2.75) is 27.2 Å². The van der Waals surface area contributed by atoms with Crippen molar-refractivity contribution in [3.63, 3.8) is 0 Å². The maximum atomic E-state index is 12.3. The number of ketones is 1. The lowest BCUT2D eigenvalue weighted by molar-refractivity contribution is 0.0937. The predicted molar refractivity (Wildman–Crippen MR) is 114 cm³/mol. The molecule has 0 unspecified atom stereocenters. The number of rotatable bonds is 8. The van der Waals surface area contributed by atoms with E-state index in [1.165, 1.54) is 20.1 Å². The average Bonchev–Trinajstić information content (AvgIpc) is 2.72. The molecule has 3 amide bonds. The first-order valence-corrected chi connectivity index (χ1v) is 9.59. The van der Waals surface area contributed by atoms with Crippen molar-refractivity contribution in [2.75, 3.05) is 19.0 Å². The number of urea groups is 1. The van der Waals surface area contributed by atoms with Crippen LogP contribution in [-0.2, 0) is 0 Å². The van der Waals surface area contributed by atoms with Crippen LogP contribution in [0.15, 0.2) is 42.5 Å². The van der Waals surface area contributed by atoms with Crippen molar-refractivity contribution in [1.82, 2.24) is 10.9 Å². The summed E-state index contributed by atoms with van der Waals surface area (Å²) in [6.07, 6.45) is 0.903. The monoisotopic (exact) mass is 413 g/mol. The lowest BCUT2D eigenvalue weighted by atomic mass is 10.1. The number of amides is 3. The summed E-state index contributed by atoms with van der Waals surface area (Å²) < 4.78 is 11.0. The Morgan fingerprint density at radius 2 is 1.73 bits per heavy atom. The van der Waals surface area contributed by atoms with E-state index in [9.17, 15) is 14.4 Å². The zero-order valence-corrected chi connectivity index (χ0v) is 17.6. The number of Topliss-reactive ketones (excluding diaryl/α,β-unsaturated/α-hetero) is 1. The SMILES string of the molecule is COc1cc(C(=O)NNC(=O)Nc2cccc(C(C)=O)c2)ccc1OCCC(C)C. The minimum Gasteiger partial charge on any atom is -0.493 e. The van der Waals surface area contributed by atoms with Crippen LogP contribution in [0.5, 0.6) is 11.5 Å². The molecule has 3 N–H and O–H groups in total. The van der Waals surface area contributed by atoms with Gasteiger partial charge in [-0.3, -0.25) is 15.0 Å². The minimum atomic E-state index is -0.648. The number of carbonyl (C=O) groups is 3. The molecule has 0 aliphatic rings. The summed E-state index contributed by atoms with van der Waals surface area (Å²) in [5, 5.41) is 2.55. The number of nitrogens with one attached hydrogen (secondary N) is 3. The van der Waals surface area contributed by atoms with Crippen LogP contribution < -0.4 is 25.6 Å². The predicted octanol–water partition coefficient (Wildman–Crippen LogP) is 3.79. The molecule has 0 saturated heterocycles. The van der Waals surface area contributed by atoms with E-state index in [2.05, 4.69) is 30.0 Å². The second-order valence-electron chi connectivity index (χ2n) is 7.07. The van der Waals surface area contributed by atoms with Crippen LogP contribution in [0.2, 0.25) is 0 Å². The first-order chi connectivity index (χ1) is 14.3. The van der Waals surface area contributed by atoms with Crippen molar-refractivity contribution in [2.24, 2.45) is 5.92 Å². The zero-order chi connectivity index (χ0) is 22.1. The third-order valence-corrected chi connectivity index (χ3v) is 4.20. The molecule has 0 heterocycles. The second-order valence-corrected chi connectivity index (χ2v) is 7.07. The van der Waals surface area contributed by atoms with Gasteiger partial charge in [-0.15, -0.1) is 0 Å². The zero-order valence-electron chi connectivity index (χ0n) is 17.6. The maximum absolute atomic E-state index is 12.3. The van der Waals surface area contributed by atoms with Crippen LogP contribution >= 0.6 is 0 Å². The van der Waals surface area contributed by atoms with Gasteiger partial charge in [-0.1, -0.05) is 26.0 Å². The number of carbonyl (C=O) groups excluding carboxylic acids is 3. The molecule has 8 heteroatoms. The molecule has 160 valence electrons. The third kappa shape index (κ3) is 6.80. The van der Waals surface area contributed by atoms with E-state index < -0.39 is 11.9 Å². The number of hydrogen-bond donors (Lipinski definition) is 3. The smallest absolute Gasteiger partial charge is 0.337 e. The summed E-state index contributed by atoms with van der Waals surface area (Å²) in [6, 6.07) is 10.6. The summed E-state index contributed by atoms with van der Waals surface area (Å²) in [5.41, 5.74) is 5.79. The van der Waals surface area contributed by atoms with E-state index in [-0.39, 0.29) is 5.78 Å². The highest BCUT2D eigenvalue weighted by Crippen LogP contribution is 2.28. The molecule has 0 aromatic heterocycles. The fourth-order valence-electron chi connectivity index (χ4n) is 2.50. The van der Waals surface area contributed by atoms with Gasteiger partial charge in [-0.25, -0.2) is 10.2 Å². The molecule has 8 nitrogen and oxygen atoms in total. The largest absolute Gasteiger partial charge is 0.493 e. The molecular weight excluding hydrogens is 386 g/mol. The van der Waals surface area contributed by atoms with Crippen molar-refractivity contribution in [3.8, 4) is 11.5 Å². The highest BCUT2D eigenvalue weighted by atomic mass is 16.5. The topological polar surface area (TPSA) is 106 Å². The first kappa shape index (κ1) is 22.7. The summed E-state index contributed by atoms with van der Waals surface area (Å²) in [6.45, 7) is 6.20. The van der Waals surface area contributed by atoms with Gasteiger partial charge in [-0.05, 0) is 49.6 Å². The Hall–Kier alpha value is -3.55. The Labute approximate surface area is 175 Å². The molecule has 30 heavy (non-hydrogen) atoms. The molecule has 0 spiro atoms. The summed E-state index contributed by atoms with van der Waals surface area (Å²) >= 11 is 0. The second kappa shape index (κ2) is 10.8. The highest BCUT2D eigenvalue weighted by Gasteiger charge is 2.13. The fourth-order valence-corrected chi connectivity index (χ4v) is 2.50. The maximum Gasteiger partial charge on any atom is 0.337 e. The quantitative estimate of drug-likeness (QED) is 0.451. The van der Waals surface area contributed by atoms with Crippen LogP contribution in [0.4, 0.5) is 10.5 Å². The van der Waals surface area contributed by atoms with Gasteiger partial charge in [0.05, 0.1) is 13.7 Å². The first-order valence-electron chi connectivity index (χ1n) is 9.59. The number of anilines is 1. The van der Waals surface area contributed by atoms with Crippen LogP contribution in [0, 0.1) is 5.92 Å². The summed E-state index contributed by atoms with van der Waals surface area (Å²) in [4.78, 5) is 35.8. The number of hydrogen-bond acceptors (Lipinski definition) is 5. The number of methoxy groups -OCH3 is 1. The van der Waals surface area contributed by atoms with Crippen LogP contribution in [0.25, 0.3) is 0 Å². The fraction of sp³-hybridized carbons (Fsp3) is 0.318. The van der Waals surface area contributed by atoms with E-state index in [1.54, 1.807) is 36.4 Å². The van der Waals surface area contributed by atoms with Crippen molar-refractivity contribution < 1.29 is 23.9 Å². The highest BCUT2D eigenvalue weighted by molar-refractivity contribution is 5.99. The average molecular weight is 413 g/mol. The minimum absolute atomic E-state index is 0.113. The Kier molecular flexibility index (Phi) is 8.22. The van der Waals surface area contributed by atoms with Gasteiger partial charge in [0.15, 0.2) is 17.3 Å². The van der Waals surface area contributed by atoms with Gasteiger partial charge in [0, 0.05) is 16.8 Å². The van der Waals surface area contributed by atoms with Gasteiger partial charge < -0.3 is 14.8 Å². The number of benzene rings is 2. The number of ether oxygens (including phenoxy) is 2. The van der Waals surface area contributed by atoms with Gasteiger partial charge in [0.1, 0.15) is 0 Å². The molecule has 0 bridgehead atoms. The van der Waals surface area contributed by atoms with Crippen LogP contribution in [0.1, 0.15) is 47.9 Å². The third-order valence-electron chi connectivity index (χ3n) is 4.20. The number of hydrazine groups is 1. The van der Waals surface area contributed by atoms with Crippen molar-refractivity contribution in [3.05, 3.63) is 53.6 Å². The van der Waals surface area contributed by atoms with Crippen molar-refractivity contribution in [1.29, 1.82) is 0 Å². The Morgan fingerprint density at radius 3 is 2.40 bits per heavy atom. The van der Waals surface area contributed by atoms with E-state index in [1.807, 2.05) is 0 Å². The summed E-state index contributed by atoms with van der Waals surface area (Å²) in [7, 11) is 1.49. The van der Waals surface area contributed by atoms with E-state index in [0.717, 1.165) is 6.42 Å². The molecule has 2 aromatic carbocycles. The van der Waals surface area contributed by atoms with Crippen LogP contribution in [-0.4, -0.2) is 31.4 Å². The molecule has 2 aromatic rings. The lowest BCUT2D eigenvalue weighted by Crippen LogP contribution is -2.43. The van der Waals surface area contributed by atoms with E-state index in [4.69, 9.17) is 9.47 Å². The molecule has 0 fully saturated rings. The standard InChI is InChI=1S/C22H27N3O5/c1-14(2)10-11-30-19-9-8-17(13-20(19)29-4)21(27)24-25-22(28)23-18-7-5-6-16(12-18)15(3)26/h5-9,12-14H,10-11H2,1-4H3,(H,24,27)(H2,23,25,28). The molecule has 0 radical (unpaired) electrons. The van der Waals surface area contributed by atoms with Gasteiger partial charge in [0.2, 0.25) is 0 Å². The van der Waals surface area contributed by atoms with Gasteiger partial charge in [0.25, 0.3) is 5.91 Å². The summed E-state index contributed by atoms with van der Waals surface area (Å²) in [5.74, 6) is 0.860. The lowest BCUT2D eigenvalue weighted by Gasteiger charge is -2.13.